The first-order chi connectivity index (χ1) is 5.74. The summed E-state index contributed by atoms with van der Waals surface area (Å²) in [6.07, 6.45) is 5.24. The second-order valence-corrected chi connectivity index (χ2v) is 3.37. The molecule has 12 heavy (non-hydrogen) atoms. The first kappa shape index (κ1) is 9.15. The summed E-state index contributed by atoms with van der Waals surface area (Å²) in [5.41, 5.74) is 1.03. The Balaban J connectivity index is 2.77. The van der Waals surface area contributed by atoms with E-state index in [0.717, 1.165) is 10.2 Å². The maximum absolute atomic E-state index is 5.24. The van der Waals surface area contributed by atoms with Gasteiger partial charge in [0.25, 0.3) is 0 Å². The van der Waals surface area contributed by atoms with Gasteiger partial charge in [0, 0.05) is 10.2 Å². The Morgan fingerprint density at radius 1 is 1.50 bits per heavy atom. The lowest BCUT2D eigenvalue weighted by molar-refractivity contribution is 1.03. The summed E-state index contributed by atoms with van der Waals surface area (Å²) in [6, 6.07) is 7.96. The molecule has 62 valence electrons. The first-order valence-electron chi connectivity index (χ1n) is 3.71. The Hall–Kier alpha value is -0.940. The van der Waals surface area contributed by atoms with E-state index >= 15 is 0 Å². The van der Waals surface area contributed by atoms with Crippen molar-refractivity contribution < 1.29 is 0 Å². The highest BCUT2D eigenvalue weighted by Gasteiger charge is 1.99. The number of anilines is 1. The molecule has 0 saturated heterocycles. The van der Waals surface area contributed by atoms with Crippen LogP contribution in [0.2, 0.25) is 0 Å². The van der Waals surface area contributed by atoms with E-state index in [1.54, 1.807) is 0 Å². The molecule has 0 radical (unpaired) electrons. The second kappa shape index (κ2) is 4.18. The van der Waals surface area contributed by atoms with Gasteiger partial charge in [-0.25, -0.2) is 0 Å². The highest BCUT2D eigenvalue weighted by Crippen LogP contribution is 2.21. The van der Waals surface area contributed by atoms with E-state index in [2.05, 4.69) is 27.2 Å². The summed E-state index contributed by atoms with van der Waals surface area (Å²) in [5, 5.41) is 3.18. The van der Waals surface area contributed by atoms with Crippen molar-refractivity contribution in [3.63, 3.8) is 0 Å². The lowest BCUT2D eigenvalue weighted by Gasteiger charge is -2.10. The Kier molecular flexibility index (Phi) is 3.19. The average Bonchev–Trinajstić information content (AvgIpc) is 2.09. The van der Waals surface area contributed by atoms with Gasteiger partial charge >= 0.3 is 0 Å². The molecule has 1 N–H and O–H groups in total. The predicted molar refractivity (Wildman–Crippen MR) is 56.1 cm³/mol. The summed E-state index contributed by atoms with van der Waals surface area (Å²) in [6.45, 7) is 1.94. The molecule has 0 aliphatic heterocycles. The molecule has 1 aromatic carbocycles. The van der Waals surface area contributed by atoms with E-state index < -0.39 is 0 Å². The number of nitrogens with one attached hydrogen (secondary N) is 1. The number of para-hydroxylation sites is 1. The molecule has 0 aromatic heterocycles. The van der Waals surface area contributed by atoms with Crippen LogP contribution >= 0.6 is 15.9 Å². The fourth-order valence-corrected chi connectivity index (χ4v) is 1.25. The maximum atomic E-state index is 5.24. The Bertz CT molecular complexity index is 301. The minimum Gasteiger partial charge on any atom is -0.371 e. The van der Waals surface area contributed by atoms with Gasteiger partial charge in [0.05, 0.1) is 6.04 Å². The van der Waals surface area contributed by atoms with Crippen LogP contribution in [-0.4, -0.2) is 6.04 Å². The highest BCUT2D eigenvalue weighted by molar-refractivity contribution is 9.10. The van der Waals surface area contributed by atoms with Crippen molar-refractivity contribution in [2.45, 2.75) is 13.0 Å². The minimum absolute atomic E-state index is 0.0590. The maximum Gasteiger partial charge on any atom is 0.0846 e. The van der Waals surface area contributed by atoms with E-state index in [0.29, 0.717) is 0 Å². The van der Waals surface area contributed by atoms with Gasteiger partial charge in [0.15, 0.2) is 0 Å². The molecular formula is C10H10BrN. The zero-order valence-corrected chi connectivity index (χ0v) is 8.43. The van der Waals surface area contributed by atoms with E-state index in [-0.39, 0.29) is 6.04 Å². The number of rotatable bonds is 2. The molecule has 0 aliphatic carbocycles. The number of hydrogen-bond donors (Lipinski definition) is 1. The molecule has 0 fully saturated rings. The smallest absolute Gasteiger partial charge is 0.0846 e. The number of hydrogen-bond acceptors (Lipinski definition) is 1. The fourth-order valence-electron chi connectivity index (χ4n) is 0.853. The third kappa shape index (κ3) is 2.28. The number of halogens is 1. The molecule has 1 unspecified atom stereocenters. The molecule has 1 rings (SSSR count). The Labute approximate surface area is 81.3 Å². The number of benzene rings is 1. The van der Waals surface area contributed by atoms with Crippen molar-refractivity contribution in [2.24, 2.45) is 0 Å². The molecule has 1 atom stereocenters. The lowest BCUT2D eigenvalue weighted by Crippen LogP contribution is -2.12. The van der Waals surface area contributed by atoms with Crippen molar-refractivity contribution in [3.05, 3.63) is 28.7 Å². The minimum atomic E-state index is 0.0590. The summed E-state index contributed by atoms with van der Waals surface area (Å²) in [7, 11) is 0. The molecule has 2 heteroatoms. The molecule has 1 aromatic rings. The van der Waals surface area contributed by atoms with Crippen LogP contribution < -0.4 is 5.32 Å². The quantitative estimate of drug-likeness (QED) is 0.761. The van der Waals surface area contributed by atoms with Crippen LogP contribution in [0.15, 0.2) is 28.7 Å². The van der Waals surface area contributed by atoms with E-state index in [9.17, 15) is 0 Å². The molecule has 0 aliphatic rings. The van der Waals surface area contributed by atoms with Crippen LogP contribution in [0.1, 0.15) is 6.92 Å². The van der Waals surface area contributed by atoms with Crippen LogP contribution in [0.3, 0.4) is 0 Å². The second-order valence-electron chi connectivity index (χ2n) is 2.51. The van der Waals surface area contributed by atoms with Gasteiger partial charge in [0.1, 0.15) is 0 Å². The van der Waals surface area contributed by atoms with E-state index in [1.807, 2.05) is 31.2 Å². The van der Waals surface area contributed by atoms with Gasteiger partial charge in [-0.2, -0.15) is 0 Å². The topological polar surface area (TPSA) is 12.0 Å². The van der Waals surface area contributed by atoms with Gasteiger partial charge in [0.2, 0.25) is 0 Å². The molecule has 0 heterocycles. The van der Waals surface area contributed by atoms with Gasteiger partial charge in [-0.05, 0) is 35.0 Å². The van der Waals surface area contributed by atoms with Gasteiger partial charge < -0.3 is 5.32 Å². The third-order valence-electron chi connectivity index (χ3n) is 1.50. The van der Waals surface area contributed by atoms with Crippen molar-refractivity contribution in [1.29, 1.82) is 0 Å². The summed E-state index contributed by atoms with van der Waals surface area (Å²) < 4.78 is 1.03. The molecule has 1 nitrogen and oxygen atoms in total. The van der Waals surface area contributed by atoms with Crippen molar-refractivity contribution in [2.75, 3.05) is 5.32 Å². The predicted octanol–water partition coefficient (Wildman–Crippen LogP) is 2.88. The molecule has 0 bridgehead atoms. The van der Waals surface area contributed by atoms with E-state index in [4.69, 9.17) is 6.42 Å². The Morgan fingerprint density at radius 2 is 2.17 bits per heavy atom. The normalized spacial score (nSPS) is 11.8. The standard InChI is InChI=1S/C10H10BrN/c1-3-8(2)12-10-7-5-4-6-9(10)11/h1,4-8,12H,2H3. The molecule has 0 saturated carbocycles. The van der Waals surface area contributed by atoms with Crippen LogP contribution in [0.5, 0.6) is 0 Å². The Morgan fingerprint density at radius 3 is 2.75 bits per heavy atom. The van der Waals surface area contributed by atoms with Crippen LogP contribution in [0.4, 0.5) is 5.69 Å². The van der Waals surface area contributed by atoms with E-state index in [1.165, 1.54) is 0 Å². The van der Waals surface area contributed by atoms with Gasteiger partial charge in [-0.1, -0.05) is 18.1 Å². The SMILES string of the molecule is C#CC(C)Nc1ccccc1Br. The molecule has 0 spiro atoms. The van der Waals surface area contributed by atoms with Crippen molar-refractivity contribution >= 4 is 21.6 Å². The highest BCUT2D eigenvalue weighted by atomic mass is 79.9. The fraction of sp³-hybridized carbons (Fsp3) is 0.200. The largest absolute Gasteiger partial charge is 0.371 e. The van der Waals surface area contributed by atoms with Crippen molar-refractivity contribution in [3.8, 4) is 12.3 Å². The van der Waals surface area contributed by atoms with Crippen molar-refractivity contribution in [1.82, 2.24) is 0 Å². The zero-order chi connectivity index (χ0) is 8.97. The lowest BCUT2D eigenvalue weighted by atomic mass is 10.3. The van der Waals surface area contributed by atoms with Gasteiger partial charge in [-0.3, -0.25) is 0 Å². The first-order valence-corrected chi connectivity index (χ1v) is 4.50. The molecular weight excluding hydrogens is 214 g/mol. The monoisotopic (exact) mass is 223 g/mol. The summed E-state index contributed by atoms with van der Waals surface area (Å²) >= 11 is 3.42. The van der Waals surface area contributed by atoms with Crippen LogP contribution in [0.25, 0.3) is 0 Å². The van der Waals surface area contributed by atoms with Gasteiger partial charge in [-0.15, -0.1) is 6.42 Å². The average molecular weight is 224 g/mol. The summed E-state index contributed by atoms with van der Waals surface area (Å²) in [5.74, 6) is 2.61. The number of terminal acetylenes is 1. The zero-order valence-electron chi connectivity index (χ0n) is 6.84. The summed E-state index contributed by atoms with van der Waals surface area (Å²) in [4.78, 5) is 0. The van der Waals surface area contributed by atoms with Crippen LogP contribution in [-0.2, 0) is 0 Å². The third-order valence-corrected chi connectivity index (χ3v) is 2.19. The van der Waals surface area contributed by atoms with Crippen LogP contribution in [0, 0.1) is 12.3 Å². The molecule has 0 amide bonds.